The number of nitrogens with zero attached hydrogens (tertiary/aromatic N) is 3. The SMILES string of the molecule is CC(C)(C)c1ccc(N2B3c4oc5cc(-c6ccccc6)ccc5c4N(c4ccc(C(C)(C)C)cc4)c4cc5c(oc6ccccc65)c(c43)-c3cc4c(cc32)sc2cc(N(c3ccc(C(C)(C)C)cc3)c3ccc(C(C)(C)C)cc3)ccc24)cc1. The molecule has 2 aliphatic rings. The van der Waals surface area contributed by atoms with Gasteiger partial charge in [0.1, 0.15) is 22.4 Å². The highest BCUT2D eigenvalue weighted by molar-refractivity contribution is 7.26. The van der Waals surface area contributed by atoms with Crippen LogP contribution < -0.4 is 25.7 Å². The first-order chi connectivity index (χ1) is 40.7. The summed E-state index contributed by atoms with van der Waals surface area (Å²) in [7, 11) is 0. The van der Waals surface area contributed by atoms with Crippen LogP contribution in [0.5, 0.6) is 0 Å². The second-order valence-corrected chi connectivity index (χ2v) is 28.9. The van der Waals surface area contributed by atoms with E-state index >= 15 is 0 Å². The van der Waals surface area contributed by atoms with Crippen LogP contribution in [0.2, 0.25) is 0 Å². The van der Waals surface area contributed by atoms with Crippen LogP contribution in [0.3, 0.4) is 0 Å². The molecule has 15 rings (SSSR count). The Morgan fingerprint density at radius 3 is 1.55 bits per heavy atom. The third-order valence-electron chi connectivity index (χ3n) is 18.1. The number of benzene rings is 10. The number of hydrogen-bond acceptors (Lipinski definition) is 6. The number of rotatable bonds is 6. The van der Waals surface area contributed by atoms with Crippen molar-refractivity contribution in [2.45, 2.75) is 105 Å². The largest absolute Gasteiger partial charge is 0.466 e. The first-order valence-corrected chi connectivity index (χ1v) is 30.9. The van der Waals surface area contributed by atoms with Crippen LogP contribution in [0.15, 0.2) is 215 Å². The van der Waals surface area contributed by atoms with Crippen molar-refractivity contribution in [2.24, 2.45) is 0 Å². The van der Waals surface area contributed by atoms with Crippen molar-refractivity contribution in [1.82, 2.24) is 0 Å². The highest BCUT2D eigenvalue weighted by atomic mass is 32.1. The van der Waals surface area contributed by atoms with Gasteiger partial charge in [0, 0.05) is 87.3 Å². The molecule has 0 spiro atoms. The standard InChI is InChI=1S/C78H70BN3O2S/c1-75(2,3)49-23-31-53(32-24-49)80(54-33-25-50(26-34-54)76(4,5)6)57-39-41-59-61-44-63-64(46-69(61)85-68(59)43-57)82(56-37-29-52(30-38-56)78(10,11)12)79-71-65(45-62-58-20-16-17-21-66(58)83-73(62)70(63)71)81(55-35-27-51(28-36-55)77(7,8)9)72-60-40-22-48(42-67(60)84-74(72)79)47-18-14-13-15-19-47/h13-46H,1-12H3. The van der Waals surface area contributed by atoms with E-state index in [4.69, 9.17) is 8.83 Å². The lowest BCUT2D eigenvalue weighted by Crippen LogP contribution is -2.61. The second-order valence-electron chi connectivity index (χ2n) is 27.8. The Labute approximate surface area is 503 Å². The summed E-state index contributed by atoms with van der Waals surface area (Å²) in [6.45, 7) is 27.0. The van der Waals surface area contributed by atoms with Crippen LogP contribution in [-0.4, -0.2) is 6.85 Å². The van der Waals surface area contributed by atoms with Gasteiger partial charge in [0.25, 0.3) is 0 Å². The van der Waals surface area contributed by atoms with E-state index in [0.717, 1.165) is 112 Å². The molecule has 85 heavy (non-hydrogen) atoms. The van der Waals surface area contributed by atoms with Crippen molar-refractivity contribution in [3.63, 3.8) is 0 Å². The summed E-state index contributed by atoms with van der Waals surface area (Å²) in [5, 5.41) is 5.68. The number of fused-ring (bicyclic) bond motifs is 13. The number of anilines is 8. The van der Waals surface area contributed by atoms with E-state index in [9.17, 15) is 0 Å². The molecule has 0 radical (unpaired) electrons. The summed E-state index contributed by atoms with van der Waals surface area (Å²) < 4.78 is 17.3. The normalized spacial score (nSPS) is 13.6. The first kappa shape index (κ1) is 53.0. The summed E-state index contributed by atoms with van der Waals surface area (Å²) in [5.74, 6) is 0. The molecule has 5 heterocycles. The van der Waals surface area contributed by atoms with Gasteiger partial charge in [-0.15, -0.1) is 11.3 Å². The van der Waals surface area contributed by atoms with Gasteiger partial charge in [0.05, 0.1) is 5.69 Å². The molecule has 0 bridgehead atoms. The molecule has 10 aromatic carbocycles. The van der Waals surface area contributed by atoms with Crippen molar-refractivity contribution < 1.29 is 8.83 Å². The number of thiophene rings is 1. The maximum absolute atomic E-state index is 7.62. The van der Waals surface area contributed by atoms with Crippen LogP contribution in [-0.2, 0) is 21.7 Å². The molecule has 3 aromatic heterocycles. The average Bonchev–Trinajstić information content (AvgIpc) is 1.73. The molecule has 0 amide bonds. The van der Waals surface area contributed by atoms with E-state index in [0.29, 0.717) is 0 Å². The smallest absolute Gasteiger partial charge is 0.376 e. The van der Waals surface area contributed by atoms with Crippen LogP contribution >= 0.6 is 11.3 Å². The fourth-order valence-electron chi connectivity index (χ4n) is 13.3. The molecule has 0 saturated heterocycles. The van der Waals surface area contributed by atoms with E-state index < -0.39 is 0 Å². The van der Waals surface area contributed by atoms with Crippen molar-refractivity contribution in [3.05, 3.63) is 229 Å². The van der Waals surface area contributed by atoms with Gasteiger partial charge in [-0.2, -0.15) is 0 Å². The van der Waals surface area contributed by atoms with Gasteiger partial charge in [-0.3, -0.25) is 0 Å². The summed E-state index contributed by atoms with van der Waals surface area (Å²) in [6.07, 6.45) is 0. The zero-order chi connectivity index (χ0) is 58.6. The lowest BCUT2D eigenvalue weighted by atomic mass is 9.45. The molecule has 0 N–H and O–H groups in total. The topological polar surface area (TPSA) is 36.0 Å². The van der Waals surface area contributed by atoms with Crippen LogP contribution in [0, 0.1) is 0 Å². The first-order valence-electron chi connectivity index (χ1n) is 30.1. The Balaban J connectivity index is 1.01. The zero-order valence-corrected chi connectivity index (χ0v) is 51.6. The predicted octanol–water partition coefficient (Wildman–Crippen LogP) is 21.7. The molecule has 0 saturated carbocycles. The van der Waals surface area contributed by atoms with Gasteiger partial charge in [-0.05, 0) is 158 Å². The Kier molecular flexibility index (Phi) is 11.8. The van der Waals surface area contributed by atoms with Crippen LogP contribution in [0.1, 0.15) is 105 Å². The summed E-state index contributed by atoms with van der Waals surface area (Å²) >= 11 is 1.87. The third-order valence-corrected chi connectivity index (χ3v) is 19.2. The Morgan fingerprint density at radius 1 is 0.400 bits per heavy atom. The number of furan rings is 2. The van der Waals surface area contributed by atoms with Gasteiger partial charge >= 0.3 is 6.85 Å². The Morgan fingerprint density at radius 2 is 0.941 bits per heavy atom. The fourth-order valence-corrected chi connectivity index (χ4v) is 14.5. The average molecular weight is 1120 g/mol. The van der Waals surface area contributed by atoms with Crippen molar-refractivity contribution in [3.8, 4) is 22.3 Å². The van der Waals surface area contributed by atoms with Crippen LogP contribution in [0.4, 0.5) is 45.5 Å². The molecular weight excluding hydrogens is 1050 g/mol. The fraction of sp³-hybridized carbons (Fsp3) is 0.205. The summed E-state index contributed by atoms with van der Waals surface area (Å²) in [5.41, 5.74) is 23.1. The minimum Gasteiger partial charge on any atom is -0.466 e. The van der Waals surface area contributed by atoms with E-state index in [-0.39, 0.29) is 28.5 Å². The highest BCUT2D eigenvalue weighted by Crippen LogP contribution is 2.55. The predicted molar refractivity (Wildman–Crippen MR) is 365 cm³/mol. The Bertz CT molecular complexity index is 4730. The molecule has 13 aromatic rings. The summed E-state index contributed by atoms with van der Waals surface area (Å²) in [6, 6.07) is 77.3. The molecule has 0 atom stereocenters. The summed E-state index contributed by atoms with van der Waals surface area (Å²) in [4.78, 5) is 7.50. The van der Waals surface area contributed by atoms with E-state index in [1.807, 2.05) is 11.3 Å². The molecule has 418 valence electrons. The minimum absolute atomic E-state index is 0.0256. The van der Waals surface area contributed by atoms with Gasteiger partial charge < -0.3 is 23.4 Å². The van der Waals surface area contributed by atoms with E-state index in [1.165, 1.54) is 42.4 Å². The van der Waals surface area contributed by atoms with Crippen molar-refractivity contribution >= 4 is 128 Å². The van der Waals surface area contributed by atoms with Crippen LogP contribution in [0.25, 0.3) is 75.3 Å². The quantitative estimate of drug-likeness (QED) is 0.155. The maximum atomic E-state index is 7.62. The lowest BCUT2D eigenvalue weighted by Gasteiger charge is -2.44. The van der Waals surface area contributed by atoms with Crippen molar-refractivity contribution in [1.29, 1.82) is 0 Å². The number of para-hydroxylation sites is 1. The lowest BCUT2D eigenvalue weighted by molar-refractivity contribution is 0.590. The highest BCUT2D eigenvalue weighted by Gasteiger charge is 2.50. The third kappa shape index (κ3) is 8.63. The monoisotopic (exact) mass is 1120 g/mol. The molecular formula is C78H70BN3O2S. The van der Waals surface area contributed by atoms with E-state index in [2.05, 4.69) is 304 Å². The molecule has 0 aliphatic carbocycles. The van der Waals surface area contributed by atoms with Gasteiger partial charge in [-0.25, -0.2) is 0 Å². The molecule has 0 unspecified atom stereocenters. The number of hydrogen-bond donors (Lipinski definition) is 0. The zero-order valence-electron chi connectivity index (χ0n) is 50.8. The maximum Gasteiger partial charge on any atom is 0.376 e. The Hall–Kier alpha value is -8.78. The molecule has 7 heteroatoms. The van der Waals surface area contributed by atoms with Crippen molar-refractivity contribution in [2.75, 3.05) is 14.6 Å². The second kappa shape index (κ2) is 18.9. The van der Waals surface area contributed by atoms with Gasteiger partial charge in [0.15, 0.2) is 0 Å². The molecule has 0 fully saturated rings. The van der Waals surface area contributed by atoms with Gasteiger partial charge in [0.2, 0.25) is 0 Å². The molecule has 2 aliphatic heterocycles. The van der Waals surface area contributed by atoms with Gasteiger partial charge in [-0.1, -0.05) is 192 Å². The van der Waals surface area contributed by atoms with E-state index in [1.54, 1.807) is 0 Å². The molecule has 5 nitrogen and oxygen atoms in total. The minimum atomic E-state index is -0.385.